The van der Waals surface area contributed by atoms with E-state index < -0.39 is 14.3 Å². The first kappa shape index (κ1) is 25.0. The summed E-state index contributed by atoms with van der Waals surface area (Å²) in [5.74, 6) is 1.69. The van der Waals surface area contributed by atoms with Crippen LogP contribution in [0, 0.1) is 0 Å². The summed E-state index contributed by atoms with van der Waals surface area (Å²) < 4.78 is 16.8. The zero-order valence-electron chi connectivity index (χ0n) is 14.8. The number of carbonyl (C=O) groups excluding carboxylic acids is 1. The van der Waals surface area contributed by atoms with Crippen LogP contribution in [0.4, 0.5) is 0 Å². The Labute approximate surface area is 183 Å². The van der Waals surface area contributed by atoms with Gasteiger partial charge in [-0.3, -0.25) is 0 Å². The maximum Gasteiger partial charge on any atom is 0.338 e. The van der Waals surface area contributed by atoms with Crippen molar-refractivity contribution >= 4 is 49.8 Å². The molecule has 0 aliphatic rings. The summed E-state index contributed by atoms with van der Waals surface area (Å²) in [6, 6.07) is 11.3. The standard InChI is InChI=1S/C18H20IO6PS.CH4/c1-12(2)24-15-9-13(18(20)23-7-8-27-19)10-16(11-15)25-14-3-5-17(6-4-14)26(21)22;/h3-6,9-12,21-22H,7-8H2,1-2H3;1H4. The normalized spacial score (nSPS) is 10.5. The minimum absolute atomic E-state index is 0. The van der Waals surface area contributed by atoms with Crippen molar-refractivity contribution in [3.05, 3.63) is 48.0 Å². The minimum Gasteiger partial charge on any atom is -0.491 e. The van der Waals surface area contributed by atoms with E-state index in [1.807, 2.05) is 13.8 Å². The molecular weight excluding hydrogens is 514 g/mol. The summed E-state index contributed by atoms with van der Waals surface area (Å²) in [5, 5.41) is 0.423. The summed E-state index contributed by atoms with van der Waals surface area (Å²) in [4.78, 5) is 30.7. The maximum absolute atomic E-state index is 12.3. The van der Waals surface area contributed by atoms with Crippen LogP contribution in [-0.4, -0.2) is 34.2 Å². The second kappa shape index (κ2) is 12.5. The van der Waals surface area contributed by atoms with E-state index in [9.17, 15) is 14.6 Å². The van der Waals surface area contributed by atoms with Crippen LogP contribution in [0.5, 0.6) is 17.2 Å². The van der Waals surface area contributed by atoms with Gasteiger partial charge in [0, 0.05) is 17.1 Å². The maximum atomic E-state index is 12.3. The zero-order chi connectivity index (χ0) is 19.8. The molecule has 0 atom stereocenters. The lowest BCUT2D eigenvalue weighted by Gasteiger charge is -2.14. The molecule has 0 saturated heterocycles. The van der Waals surface area contributed by atoms with E-state index in [4.69, 9.17) is 14.2 Å². The first-order chi connectivity index (χ1) is 12.9. The lowest BCUT2D eigenvalue weighted by Crippen LogP contribution is -2.10. The van der Waals surface area contributed by atoms with Gasteiger partial charge in [-0.1, -0.05) is 16.4 Å². The molecule has 0 fully saturated rings. The number of carbonyl (C=O) groups is 1. The van der Waals surface area contributed by atoms with Crippen LogP contribution in [0.2, 0.25) is 0 Å². The summed E-state index contributed by atoms with van der Waals surface area (Å²) in [7, 11) is -0.575. The van der Waals surface area contributed by atoms with Crippen molar-refractivity contribution in [2.75, 3.05) is 12.4 Å². The fourth-order valence-corrected chi connectivity index (χ4v) is 3.22. The van der Waals surface area contributed by atoms with Gasteiger partial charge in [-0.15, -0.1) is 0 Å². The predicted molar refractivity (Wildman–Crippen MR) is 123 cm³/mol. The molecule has 0 aromatic heterocycles. The molecule has 0 amide bonds. The second-order valence-corrected chi connectivity index (χ2v) is 9.28. The highest BCUT2D eigenvalue weighted by Gasteiger charge is 2.13. The molecule has 0 aliphatic heterocycles. The number of ether oxygens (including phenoxy) is 3. The monoisotopic (exact) mass is 538 g/mol. The average Bonchev–Trinajstić information content (AvgIpc) is 2.61. The Morgan fingerprint density at radius 3 is 2.32 bits per heavy atom. The van der Waals surface area contributed by atoms with Crippen LogP contribution < -0.4 is 14.8 Å². The minimum atomic E-state index is -2.14. The largest absolute Gasteiger partial charge is 0.491 e. The van der Waals surface area contributed by atoms with Gasteiger partial charge in [-0.05, 0) is 71.5 Å². The quantitative estimate of drug-likeness (QED) is 0.200. The van der Waals surface area contributed by atoms with Gasteiger partial charge in [0.1, 0.15) is 23.9 Å². The van der Waals surface area contributed by atoms with Crippen LogP contribution in [0.25, 0.3) is 0 Å². The van der Waals surface area contributed by atoms with Gasteiger partial charge in [0.05, 0.1) is 11.7 Å². The number of halogens is 1. The third-order valence-electron chi connectivity index (χ3n) is 3.18. The Morgan fingerprint density at radius 2 is 1.75 bits per heavy atom. The van der Waals surface area contributed by atoms with E-state index in [-0.39, 0.29) is 13.5 Å². The Bertz CT molecular complexity index is 755. The topological polar surface area (TPSA) is 85.2 Å². The number of hydrogen-bond acceptors (Lipinski definition) is 7. The highest BCUT2D eigenvalue weighted by Crippen LogP contribution is 2.30. The fourth-order valence-electron chi connectivity index (χ4n) is 2.12. The summed E-state index contributed by atoms with van der Waals surface area (Å²) in [6.45, 7) is 4.11. The van der Waals surface area contributed by atoms with Crippen LogP contribution in [-0.2, 0) is 4.74 Å². The van der Waals surface area contributed by atoms with Crippen LogP contribution >= 0.6 is 38.5 Å². The van der Waals surface area contributed by atoms with E-state index in [1.54, 1.807) is 51.4 Å². The molecule has 0 bridgehead atoms. The molecule has 2 N–H and O–H groups in total. The first-order valence-corrected chi connectivity index (χ1v) is 12.8. The highest BCUT2D eigenvalue weighted by atomic mass is 127. The summed E-state index contributed by atoms with van der Waals surface area (Å²) in [6.07, 6.45) is -0.0628. The lowest BCUT2D eigenvalue weighted by atomic mass is 10.2. The highest BCUT2D eigenvalue weighted by molar-refractivity contribution is 14.2. The number of esters is 1. The first-order valence-electron chi connectivity index (χ1n) is 8.07. The van der Waals surface area contributed by atoms with Crippen molar-refractivity contribution in [2.45, 2.75) is 27.4 Å². The Hall–Kier alpha value is -1.06. The molecule has 2 rings (SSSR count). The molecule has 9 heteroatoms. The van der Waals surface area contributed by atoms with Gasteiger partial charge in [0.2, 0.25) is 0 Å². The van der Waals surface area contributed by atoms with E-state index >= 15 is 0 Å². The predicted octanol–water partition coefficient (Wildman–Crippen LogP) is 5.06. The number of benzene rings is 2. The SMILES string of the molecule is C.CC(C)Oc1cc(Oc2ccc(P(O)O)cc2)cc(C(=O)OCCSI)c1. The van der Waals surface area contributed by atoms with Crippen molar-refractivity contribution in [2.24, 2.45) is 0 Å². The second-order valence-electron chi connectivity index (χ2n) is 5.69. The molecule has 154 valence electrons. The van der Waals surface area contributed by atoms with Gasteiger partial charge in [-0.25, -0.2) is 4.79 Å². The smallest absolute Gasteiger partial charge is 0.338 e. The number of hydrogen-bond donors (Lipinski definition) is 2. The molecule has 0 radical (unpaired) electrons. The fraction of sp³-hybridized carbons (Fsp3) is 0.316. The Kier molecular flexibility index (Phi) is 11.1. The van der Waals surface area contributed by atoms with Gasteiger partial charge in [-0.2, -0.15) is 0 Å². The molecule has 2 aromatic rings. The van der Waals surface area contributed by atoms with Gasteiger partial charge in [0.25, 0.3) is 0 Å². The third kappa shape index (κ3) is 8.13. The van der Waals surface area contributed by atoms with E-state index in [0.29, 0.717) is 40.5 Å². The van der Waals surface area contributed by atoms with E-state index in [2.05, 4.69) is 21.2 Å². The van der Waals surface area contributed by atoms with Crippen LogP contribution in [0.3, 0.4) is 0 Å². The van der Waals surface area contributed by atoms with Crippen molar-refractivity contribution in [3.8, 4) is 17.2 Å². The molecule has 0 unspecified atom stereocenters. The van der Waals surface area contributed by atoms with Crippen molar-refractivity contribution in [1.29, 1.82) is 0 Å². The van der Waals surface area contributed by atoms with Crippen LogP contribution in [0.15, 0.2) is 42.5 Å². The third-order valence-corrected chi connectivity index (χ3v) is 5.59. The zero-order valence-corrected chi connectivity index (χ0v) is 18.7. The molecule has 0 spiro atoms. The Balaban J connectivity index is 0.00000392. The average molecular weight is 538 g/mol. The molecular formula is C19H24IO6PS. The molecule has 6 nitrogen and oxygen atoms in total. The lowest BCUT2D eigenvalue weighted by molar-refractivity contribution is 0.0529. The summed E-state index contributed by atoms with van der Waals surface area (Å²) >= 11 is 2.15. The van der Waals surface area contributed by atoms with E-state index in [1.165, 1.54) is 0 Å². The van der Waals surface area contributed by atoms with Crippen LogP contribution in [0.1, 0.15) is 31.6 Å². The van der Waals surface area contributed by atoms with Gasteiger partial charge < -0.3 is 24.0 Å². The van der Waals surface area contributed by atoms with E-state index in [0.717, 1.165) is 0 Å². The molecule has 28 heavy (non-hydrogen) atoms. The summed E-state index contributed by atoms with van der Waals surface area (Å²) in [5.41, 5.74) is 0.340. The van der Waals surface area contributed by atoms with Crippen molar-refractivity contribution in [3.63, 3.8) is 0 Å². The molecule has 0 saturated carbocycles. The van der Waals surface area contributed by atoms with Gasteiger partial charge >= 0.3 is 5.97 Å². The van der Waals surface area contributed by atoms with Crippen molar-refractivity contribution < 1.29 is 28.8 Å². The van der Waals surface area contributed by atoms with Gasteiger partial charge in [0.15, 0.2) is 8.38 Å². The van der Waals surface area contributed by atoms with Crippen molar-refractivity contribution in [1.82, 2.24) is 0 Å². The molecule has 0 heterocycles. The Morgan fingerprint density at radius 1 is 1.11 bits per heavy atom. The molecule has 2 aromatic carbocycles. The number of rotatable bonds is 9. The molecule has 0 aliphatic carbocycles.